The van der Waals surface area contributed by atoms with Gasteiger partial charge in [0.2, 0.25) is 5.91 Å². The molecule has 1 saturated heterocycles. The predicted molar refractivity (Wildman–Crippen MR) is 96.7 cm³/mol. The van der Waals surface area contributed by atoms with E-state index in [9.17, 15) is 18.0 Å². The Bertz CT molecular complexity index is 793. The van der Waals surface area contributed by atoms with Crippen LogP contribution < -0.4 is 5.32 Å². The lowest BCUT2D eigenvalue weighted by Crippen LogP contribution is -2.43. The lowest BCUT2D eigenvalue weighted by molar-refractivity contribution is -0.137. The number of alkyl halides is 3. The van der Waals surface area contributed by atoms with Crippen LogP contribution in [0, 0.1) is 0 Å². The van der Waals surface area contributed by atoms with Crippen LogP contribution in [0.15, 0.2) is 48.5 Å². The van der Waals surface area contributed by atoms with E-state index in [1.165, 1.54) is 0 Å². The Hall–Kier alpha value is -2.09. The Morgan fingerprint density at radius 3 is 2.41 bits per heavy atom. The van der Waals surface area contributed by atoms with Crippen molar-refractivity contribution in [3.05, 3.63) is 64.7 Å². The molecule has 1 atom stereocenters. The van der Waals surface area contributed by atoms with Gasteiger partial charge in [-0.2, -0.15) is 13.2 Å². The standard InChI is InChI=1S/C19H18ClF3N2O2/c20-15-7-6-14(19(21,22)23)12-16(15)24-18(26)17(13-4-2-1-3-5-13)25-8-10-27-11-9-25/h1-7,12,17H,8-11H2,(H,24,26). The van der Waals surface area contributed by atoms with Gasteiger partial charge in [-0.3, -0.25) is 9.69 Å². The number of morpholine rings is 1. The molecule has 1 unspecified atom stereocenters. The third-order valence-corrected chi connectivity index (χ3v) is 4.66. The number of benzene rings is 2. The van der Waals surface area contributed by atoms with Crippen molar-refractivity contribution in [3.8, 4) is 0 Å². The number of rotatable bonds is 4. The fraction of sp³-hybridized carbons (Fsp3) is 0.316. The van der Waals surface area contributed by atoms with Gasteiger partial charge in [-0.1, -0.05) is 41.9 Å². The first-order chi connectivity index (χ1) is 12.9. The monoisotopic (exact) mass is 398 g/mol. The van der Waals surface area contributed by atoms with Crippen LogP contribution in [0.2, 0.25) is 5.02 Å². The molecule has 1 aliphatic rings. The highest BCUT2D eigenvalue weighted by atomic mass is 35.5. The lowest BCUT2D eigenvalue weighted by Gasteiger charge is -2.33. The van der Waals surface area contributed by atoms with Gasteiger partial charge in [0, 0.05) is 13.1 Å². The van der Waals surface area contributed by atoms with E-state index in [4.69, 9.17) is 16.3 Å². The molecule has 27 heavy (non-hydrogen) atoms. The summed E-state index contributed by atoms with van der Waals surface area (Å²) in [5, 5.41) is 2.61. The second kappa shape index (κ2) is 8.29. The zero-order valence-corrected chi connectivity index (χ0v) is 15.1. The Morgan fingerprint density at radius 2 is 1.78 bits per heavy atom. The molecule has 0 radical (unpaired) electrons. The van der Waals surface area contributed by atoms with Crippen molar-refractivity contribution in [1.82, 2.24) is 4.90 Å². The van der Waals surface area contributed by atoms with E-state index in [1.807, 2.05) is 35.2 Å². The minimum atomic E-state index is -4.52. The average molecular weight is 399 g/mol. The molecule has 1 fully saturated rings. The first-order valence-electron chi connectivity index (χ1n) is 8.40. The van der Waals surface area contributed by atoms with Crippen molar-refractivity contribution in [3.63, 3.8) is 0 Å². The Balaban J connectivity index is 1.89. The number of halogens is 4. The Kier molecular flexibility index (Phi) is 6.04. The molecule has 2 aromatic rings. The topological polar surface area (TPSA) is 41.6 Å². The summed E-state index contributed by atoms with van der Waals surface area (Å²) in [6.07, 6.45) is -4.52. The summed E-state index contributed by atoms with van der Waals surface area (Å²) in [5.74, 6) is -0.440. The minimum absolute atomic E-state index is 0.0464. The van der Waals surface area contributed by atoms with Gasteiger partial charge < -0.3 is 10.1 Å². The number of carbonyl (C=O) groups excluding carboxylic acids is 1. The second-order valence-corrected chi connectivity index (χ2v) is 6.55. The second-order valence-electron chi connectivity index (χ2n) is 6.14. The maximum atomic E-state index is 13.0. The van der Waals surface area contributed by atoms with Crippen LogP contribution >= 0.6 is 11.6 Å². The van der Waals surface area contributed by atoms with Gasteiger partial charge in [-0.15, -0.1) is 0 Å². The number of hydrogen-bond acceptors (Lipinski definition) is 3. The van der Waals surface area contributed by atoms with E-state index in [-0.39, 0.29) is 10.7 Å². The molecule has 2 aromatic carbocycles. The zero-order valence-electron chi connectivity index (χ0n) is 14.3. The van der Waals surface area contributed by atoms with Crippen LogP contribution in [0.4, 0.5) is 18.9 Å². The predicted octanol–water partition coefficient (Wildman–Crippen LogP) is 4.37. The quantitative estimate of drug-likeness (QED) is 0.831. The van der Waals surface area contributed by atoms with Gasteiger partial charge in [0.1, 0.15) is 6.04 Å². The van der Waals surface area contributed by atoms with Crippen molar-refractivity contribution in [2.45, 2.75) is 12.2 Å². The maximum absolute atomic E-state index is 13.0. The summed E-state index contributed by atoms with van der Waals surface area (Å²) in [4.78, 5) is 14.9. The Morgan fingerprint density at radius 1 is 1.11 bits per heavy atom. The van der Waals surface area contributed by atoms with Crippen LogP contribution in [-0.4, -0.2) is 37.1 Å². The maximum Gasteiger partial charge on any atom is 0.416 e. The van der Waals surface area contributed by atoms with Crippen molar-refractivity contribution in [2.24, 2.45) is 0 Å². The summed E-state index contributed by atoms with van der Waals surface area (Å²) < 4.78 is 44.3. The number of hydrogen-bond donors (Lipinski definition) is 1. The molecule has 3 rings (SSSR count). The summed E-state index contributed by atoms with van der Waals surface area (Å²) in [6.45, 7) is 2.06. The molecule has 1 aliphatic heterocycles. The number of amides is 1. The third kappa shape index (κ3) is 4.80. The van der Waals surface area contributed by atoms with Gasteiger partial charge in [-0.05, 0) is 23.8 Å². The molecule has 1 amide bonds. The van der Waals surface area contributed by atoms with Crippen molar-refractivity contribution >= 4 is 23.2 Å². The van der Waals surface area contributed by atoms with Crippen LogP contribution in [0.1, 0.15) is 17.2 Å². The van der Waals surface area contributed by atoms with E-state index in [0.29, 0.717) is 26.3 Å². The van der Waals surface area contributed by atoms with E-state index in [1.54, 1.807) is 0 Å². The minimum Gasteiger partial charge on any atom is -0.379 e. The fourth-order valence-electron chi connectivity index (χ4n) is 3.00. The van der Waals surface area contributed by atoms with Gasteiger partial charge >= 0.3 is 6.18 Å². The highest BCUT2D eigenvalue weighted by molar-refractivity contribution is 6.33. The zero-order chi connectivity index (χ0) is 19.4. The molecule has 0 spiro atoms. The van der Waals surface area contributed by atoms with Crippen molar-refractivity contribution in [1.29, 1.82) is 0 Å². The smallest absolute Gasteiger partial charge is 0.379 e. The highest BCUT2D eigenvalue weighted by Gasteiger charge is 2.32. The number of carbonyl (C=O) groups is 1. The van der Waals surface area contributed by atoms with Crippen LogP contribution in [0.3, 0.4) is 0 Å². The van der Waals surface area contributed by atoms with E-state index < -0.39 is 23.7 Å². The average Bonchev–Trinajstić information content (AvgIpc) is 2.64. The molecule has 144 valence electrons. The van der Waals surface area contributed by atoms with Gasteiger partial charge in [0.05, 0.1) is 29.5 Å². The number of anilines is 1. The number of nitrogens with zero attached hydrogens (tertiary/aromatic N) is 1. The lowest BCUT2D eigenvalue weighted by atomic mass is 10.0. The molecule has 0 bridgehead atoms. The van der Waals surface area contributed by atoms with Gasteiger partial charge in [0.15, 0.2) is 0 Å². The summed E-state index contributed by atoms with van der Waals surface area (Å²) in [7, 11) is 0. The molecular weight excluding hydrogens is 381 g/mol. The first-order valence-corrected chi connectivity index (χ1v) is 8.78. The number of nitrogens with one attached hydrogen (secondary N) is 1. The van der Waals surface area contributed by atoms with Crippen LogP contribution in [-0.2, 0) is 15.7 Å². The normalized spacial score (nSPS) is 16.7. The van der Waals surface area contributed by atoms with Crippen molar-refractivity contribution < 1.29 is 22.7 Å². The largest absolute Gasteiger partial charge is 0.416 e. The molecule has 0 aliphatic carbocycles. The van der Waals surface area contributed by atoms with Gasteiger partial charge in [0.25, 0.3) is 0 Å². The van der Waals surface area contributed by atoms with E-state index in [2.05, 4.69) is 5.32 Å². The fourth-order valence-corrected chi connectivity index (χ4v) is 3.16. The first kappa shape index (κ1) is 19.7. The third-order valence-electron chi connectivity index (χ3n) is 4.33. The molecular formula is C19H18ClF3N2O2. The molecule has 0 aromatic heterocycles. The van der Waals surface area contributed by atoms with Crippen LogP contribution in [0.25, 0.3) is 0 Å². The number of ether oxygens (including phenoxy) is 1. The highest BCUT2D eigenvalue weighted by Crippen LogP contribution is 2.34. The molecule has 0 saturated carbocycles. The SMILES string of the molecule is O=C(Nc1cc(C(F)(F)F)ccc1Cl)C(c1ccccc1)N1CCOCC1. The molecule has 1 heterocycles. The van der Waals surface area contributed by atoms with Gasteiger partial charge in [-0.25, -0.2) is 0 Å². The molecule has 4 nitrogen and oxygen atoms in total. The molecule has 1 N–H and O–H groups in total. The molecule has 8 heteroatoms. The Labute approximate surface area is 159 Å². The summed E-state index contributed by atoms with van der Waals surface area (Å²) in [5.41, 5.74) is -0.185. The van der Waals surface area contributed by atoms with E-state index >= 15 is 0 Å². The summed E-state index contributed by atoms with van der Waals surface area (Å²) >= 11 is 6.01. The van der Waals surface area contributed by atoms with Crippen LogP contribution in [0.5, 0.6) is 0 Å². The van der Waals surface area contributed by atoms with Crippen molar-refractivity contribution in [2.75, 3.05) is 31.6 Å². The summed E-state index contributed by atoms with van der Waals surface area (Å²) in [6, 6.07) is 11.3. The van der Waals surface area contributed by atoms with E-state index in [0.717, 1.165) is 23.8 Å².